The normalized spacial score (nSPS) is 19.6. The molecule has 0 N–H and O–H groups in total. The van der Waals surface area contributed by atoms with Gasteiger partial charge in [0.05, 0.1) is 19.8 Å². The van der Waals surface area contributed by atoms with E-state index in [9.17, 15) is 4.79 Å². The Morgan fingerprint density at radius 3 is 1.95 bits per heavy atom. The monoisotopic (exact) mass is 608 g/mol. The van der Waals surface area contributed by atoms with Gasteiger partial charge < -0.3 is 14.2 Å². The quantitative estimate of drug-likeness (QED) is 0.147. The number of hydrogen-bond donors (Lipinski definition) is 0. The van der Waals surface area contributed by atoms with Crippen LogP contribution in [0.25, 0.3) is 0 Å². The van der Waals surface area contributed by atoms with Gasteiger partial charge in [-0.25, -0.2) is 0 Å². The van der Waals surface area contributed by atoms with Crippen LogP contribution in [0.3, 0.4) is 0 Å². The first-order chi connectivity index (χ1) is 18.0. The van der Waals surface area contributed by atoms with E-state index >= 15 is 0 Å². The van der Waals surface area contributed by atoms with Crippen LogP contribution in [0, 0.1) is 6.92 Å². The Hall–Kier alpha value is -3.01. The fraction of sp³-hybridized carbons (Fsp3) is 0.267. The summed E-state index contributed by atoms with van der Waals surface area (Å²) >= 11 is 2.43. The van der Waals surface area contributed by atoms with Crippen LogP contribution in [-0.4, -0.2) is 33.3 Å². The highest BCUT2D eigenvalue weighted by Crippen LogP contribution is 2.42. The Morgan fingerprint density at radius 1 is 0.946 bits per heavy atom. The molecule has 2 heterocycles. The number of rotatable bonds is 8. The molecule has 1 aromatic heterocycles. The number of alkyl halides is 1. The topological polar surface area (TPSA) is 62.6 Å². The van der Waals surface area contributed by atoms with E-state index in [1.165, 1.54) is 7.11 Å². The summed E-state index contributed by atoms with van der Waals surface area (Å²) in [6.45, 7) is 2.12. The maximum absolute atomic E-state index is 12.0. The summed E-state index contributed by atoms with van der Waals surface area (Å²) in [5.74, 6) is 0. The molecule has 0 radical (unpaired) electrons. The van der Waals surface area contributed by atoms with E-state index < -0.39 is 5.60 Å². The maximum Gasteiger partial charge on any atom is 0.301 e. The molecular weight excluding hydrogens is 579 g/mol. The van der Waals surface area contributed by atoms with Gasteiger partial charge in [0.2, 0.25) is 0 Å². The van der Waals surface area contributed by atoms with Crippen molar-refractivity contribution >= 4 is 22.6 Å². The molecule has 1 aliphatic rings. The Labute approximate surface area is 230 Å². The molecule has 0 spiro atoms. The minimum absolute atomic E-state index is 0.175. The first-order valence-corrected chi connectivity index (χ1v) is 13.5. The zero-order valence-electron chi connectivity index (χ0n) is 20.8. The molecule has 1 saturated heterocycles. The fourth-order valence-corrected chi connectivity index (χ4v) is 5.71. The molecule has 0 bridgehead atoms. The summed E-state index contributed by atoms with van der Waals surface area (Å²) < 4.78 is 20.9. The third kappa shape index (κ3) is 5.08. The Morgan fingerprint density at radius 2 is 1.46 bits per heavy atom. The summed E-state index contributed by atoms with van der Waals surface area (Å²) in [6, 6.07) is 31.2. The molecule has 0 aliphatic carbocycles. The lowest BCUT2D eigenvalue weighted by molar-refractivity contribution is -0.0765. The van der Waals surface area contributed by atoms with Crippen LogP contribution < -0.4 is 10.3 Å². The first-order valence-electron chi connectivity index (χ1n) is 12.3. The highest BCUT2D eigenvalue weighted by molar-refractivity contribution is 14.1. The van der Waals surface area contributed by atoms with Gasteiger partial charge in [-0.2, -0.15) is 4.98 Å². The van der Waals surface area contributed by atoms with Gasteiger partial charge in [0.25, 0.3) is 5.56 Å². The molecule has 37 heavy (non-hydrogen) atoms. The van der Waals surface area contributed by atoms with Crippen molar-refractivity contribution in [3.05, 3.63) is 130 Å². The van der Waals surface area contributed by atoms with E-state index in [0.29, 0.717) is 12.2 Å². The van der Waals surface area contributed by atoms with Crippen molar-refractivity contribution < 1.29 is 14.2 Å². The second kappa shape index (κ2) is 11.2. The van der Waals surface area contributed by atoms with E-state index in [0.717, 1.165) is 23.1 Å². The molecule has 6 nitrogen and oxygen atoms in total. The summed E-state index contributed by atoms with van der Waals surface area (Å²) in [4.78, 5) is 16.1. The van der Waals surface area contributed by atoms with E-state index in [4.69, 9.17) is 14.2 Å². The van der Waals surface area contributed by atoms with E-state index in [-0.39, 0.29) is 27.8 Å². The fourth-order valence-electron chi connectivity index (χ4n) is 4.89. The second-order valence-corrected chi connectivity index (χ2v) is 10.7. The lowest BCUT2D eigenvalue weighted by Crippen LogP contribution is -2.37. The number of ether oxygens (including phenoxy) is 3. The summed E-state index contributed by atoms with van der Waals surface area (Å²) in [6.07, 6.45) is 2.01. The Balaban J connectivity index is 1.50. The molecule has 3 aromatic carbocycles. The van der Waals surface area contributed by atoms with Crippen molar-refractivity contribution in [1.82, 2.24) is 9.55 Å². The van der Waals surface area contributed by atoms with Crippen LogP contribution in [0.15, 0.2) is 102 Å². The summed E-state index contributed by atoms with van der Waals surface area (Å²) in [5.41, 5.74) is 2.59. The van der Waals surface area contributed by atoms with E-state index in [2.05, 4.69) is 64.0 Å². The van der Waals surface area contributed by atoms with Crippen molar-refractivity contribution in [2.24, 2.45) is 0 Å². The highest BCUT2D eigenvalue weighted by atomic mass is 127. The highest BCUT2D eigenvalue weighted by Gasteiger charge is 2.41. The zero-order valence-corrected chi connectivity index (χ0v) is 22.9. The molecular formula is C30H29IN2O4. The summed E-state index contributed by atoms with van der Waals surface area (Å²) in [7, 11) is 1.51. The van der Waals surface area contributed by atoms with Crippen molar-refractivity contribution in [1.29, 1.82) is 0 Å². The number of halogens is 1. The molecule has 0 unspecified atom stereocenters. The molecule has 7 heteroatoms. The van der Waals surface area contributed by atoms with Crippen molar-refractivity contribution in [2.45, 2.75) is 35.2 Å². The van der Waals surface area contributed by atoms with Gasteiger partial charge in [-0.1, -0.05) is 114 Å². The molecule has 1 fully saturated rings. The predicted octanol–water partition coefficient (Wildman–Crippen LogP) is 5.66. The van der Waals surface area contributed by atoms with Crippen molar-refractivity contribution in [2.75, 3.05) is 13.7 Å². The molecule has 0 amide bonds. The SMILES string of the molecule is COc1nc(=O)c(C)cn1[C@H]1C[C@H](I)[C@@H](COC(c2ccccc2)(c2ccccc2)c2ccccc2)O1. The van der Waals surface area contributed by atoms with Crippen molar-refractivity contribution in [3.63, 3.8) is 0 Å². The van der Waals surface area contributed by atoms with Gasteiger partial charge in [0.1, 0.15) is 11.8 Å². The number of hydrogen-bond acceptors (Lipinski definition) is 5. The number of nitrogens with zero attached hydrogens (tertiary/aromatic N) is 2. The lowest BCUT2D eigenvalue weighted by Gasteiger charge is -2.37. The van der Waals surface area contributed by atoms with Crippen molar-refractivity contribution in [3.8, 4) is 6.01 Å². The standard InChI is InChI=1S/C30H29IN2O4/c1-21-19-33(29(35-2)32-28(21)34)27-18-25(31)26(37-27)20-36-30(22-12-6-3-7-13-22,23-14-8-4-9-15-23)24-16-10-5-11-17-24/h3-17,19,25-27H,18,20H2,1-2H3/t25-,26+,27+/m0/s1. The van der Waals surface area contributed by atoms with Crippen LogP contribution in [0.2, 0.25) is 0 Å². The molecule has 190 valence electrons. The van der Waals surface area contributed by atoms with Gasteiger partial charge in [-0.05, 0) is 23.6 Å². The Bertz CT molecular complexity index is 1280. The van der Waals surface area contributed by atoms with Crippen LogP contribution >= 0.6 is 22.6 Å². The third-order valence-corrected chi connectivity index (χ3v) is 8.06. The molecule has 1 aliphatic heterocycles. The third-order valence-electron chi connectivity index (χ3n) is 6.75. The van der Waals surface area contributed by atoms with Crippen LogP contribution in [-0.2, 0) is 15.1 Å². The maximum atomic E-state index is 12.0. The smallest absolute Gasteiger partial charge is 0.301 e. The lowest BCUT2D eigenvalue weighted by atomic mass is 9.80. The second-order valence-electron chi connectivity index (χ2n) is 9.09. The number of benzene rings is 3. The van der Waals surface area contributed by atoms with Gasteiger partial charge in [-0.3, -0.25) is 9.36 Å². The van der Waals surface area contributed by atoms with Crippen LogP contribution in [0.1, 0.15) is 34.9 Å². The average molecular weight is 608 g/mol. The number of methoxy groups -OCH3 is 1. The number of aromatic nitrogens is 2. The average Bonchev–Trinajstić information content (AvgIpc) is 3.32. The predicted molar refractivity (Wildman–Crippen MR) is 151 cm³/mol. The summed E-state index contributed by atoms with van der Waals surface area (Å²) in [5, 5.41) is 0. The molecule has 3 atom stereocenters. The van der Waals surface area contributed by atoms with Gasteiger partial charge in [-0.15, -0.1) is 0 Å². The largest absolute Gasteiger partial charge is 0.468 e. The van der Waals surface area contributed by atoms with Gasteiger partial charge in [0, 0.05) is 22.1 Å². The van der Waals surface area contributed by atoms with E-state index in [1.54, 1.807) is 17.7 Å². The minimum atomic E-state index is -0.811. The minimum Gasteiger partial charge on any atom is -0.468 e. The number of aryl methyl sites for hydroxylation is 1. The van der Waals surface area contributed by atoms with Gasteiger partial charge >= 0.3 is 6.01 Å². The first kappa shape index (κ1) is 25.6. The molecule has 0 saturated carbocycles. The van der Waals surface area contributed by atoms with Gasteiger partial charge in [0.15, 0.2) is 0 Å². The zero-order chi connectivity index (χ0) is 25.8. The molecule has 5 rings (SSSR count). The van der Waals surface area contributed by atoms with Crippen LogP contribution in [0.5, 0.6) is 6.01 Å². The van der Waals surface area contributed by atoms with E-state index in [1.807, 2.05) is 54.6 Å². The van der Waals surface area contributed by atoms with Crippen LogP contribution in [0.4, 0.5) is 0 Å². The Kier molecular flexibility index (Phi) is 7.73. The molecule has 4 aromatic rings.